The molecule has 0 spiro atoms. The molecular weight excluding hydrogens is 500 g/mol. The first kappa shape index (κ1) is 29.8. The highest BCUT2D eigenvalue weighted by Gasteiger charge is 2.26. The minimum absolute atomic E-state index is 0.0658. The van der Waals surface area contributed by atoms with Gasteiger partial charge in [0.15, 0.2) is 0 Å². The van der Waals surface area contributed by atoms with E-state index < -0.39 is 23.7 Å². The van der Waals surface area contributed by atoms with Crippen molar-refractivity contribution in [3.05, 3.63) is 65.7 Å². The second-order valence-corrected chi connectivity index (χ2v) is 10.8. The van der Waals surface area contributed by atoms with Crippen LogP contribution in [0.15, 0.2) is 54.6 Å². The Kier molecular flexibility index (Phi) is 11.0. The van der Waals surface area contributed by atoms with Crippen molar-refractivity contribution in [3.63, 3.8) is 0 Å². The van der Waals surface area contributed by atoms with Crippen molar-refractivity contribution >= 4 is 18.2 Å². The van der Waals surface area contributed by atoms with Gasteiger partial charge >= 0.3 is 18.2 Å². The fourth-order valence-electron chi connectivity index (χ4n) is 4.36. The lowest BCUT2D eigenvalue weighted by molar-refractivity contribution is -0.139. The monoisotopic (exact) mass is 540 g/mol. The summed E-state index contributed by atoms with van der Waals surface area (Å²) >= 11 is 0. The van der Waals surface area contributed by atoms with E-state index in [0.29, 0.717) is 18.3 Å². The first-order valence-electron chi connectivity index (χ1n) is 13.5. The molecule has 0 bridgehead atoms. The van der Waals surface area contributed by atoms with Crippen LogP contribution in [-0.4, -0.2) is 59.5 Å². The SMILES string of the molecule is CC(C)(C)OC(=O)N1CCC(CCCOc2ccc(C[C@H](NC(=O)OCc3ccccc3)C(=O)O)cc2)CC1. The molecule has 9 heteroatoms. The van der Waals surface area contributed by atoms with Crippen molar-refractivity contribution in [2.45, 2.75) is 71.1 Å². The van der Waals surface area contributed by atoms with Crippen LogP contribution in [0.3, 0.4) is 0 Å². The quantitative estimate of drug-likeness (QED) is 0.366. The number of carbonyl (C=O) groups excluding carboxylic acids is 2. The van der Waals surface area contributed by atoms with Crippen LogP contribution in [0, 0.1) is 5.92 Å². The van der Waals surface area contributed by atoms with Gasteiger partial charge in [-0.25, -0.2) is 14.4 Å². The van der Waals surface area contributed by atoms with E-state index in [0.717, 1.165) is 49.9 Å². The zero-order valence-electron chi connectivity index (χ0n) is 23.1. The first-order chi connectivity index (χ1) is 18.6. The molecule has 1 heterocycles. The van der Waals surface area contributed by atoms with Crippen molar-refractivity contribution in [1.82, 2.24) is 10.2 Å². The average molecular weight is 541 g/mol. The van der Waals surface area contributed by atoms with Crippen molar-refractivity contribution in [2.24, 2.45) is 5.92 Å². The smallest absolute Gasteiger partial charge is 0.410 e. The van der Waals surface area contributed by atoms with Crippen molar-refractivity contribution < 1.29 is 33.7 Å². The molecule has 2 N–H and O–H groups in total. The second kappa shape index (κ2) is 14.4. The van der Waals surface area contributed by atoms with E-state index in [1.54, 1.807) is 29.2 Å². The van der Waals surface area contributed by atoms with Crippen LogP contribution in [0.2, 0.25) is 0 Å². The molecule has 2 aromatic carbocycles. The summed E-state index contributed by atoms with van der Waals surface area (Å²) in [6, 6.07) is 15.3. The molecule has 1 aliphatic rings. The molecular formula is C30H40N2O7. The number of carboxylic acid groups (broad SMARTS) is 1. The van der Waals surface area contributed by atoms with E-state index in [1.807, 2.05) is 51.1 Å². The highest BCUT2D eigenvalue weighted by atomic mass is 16.6. The molecule has 39 heavy (non-hydrogen) atoms. The Morgan fingerprint density at radius 2 is 1.67 bits per heavy atom. The molecule has 1 saturated heterocycles. The van der Waals surface area contributed by atoms with E-state index >= 15 is 0 Å². The number of carboxylic acids is 1. The van der Waals surface area contributed by atoms with Crippen LogP contribution in [0.5, 0.6) is 5.75 Å². The maximum Gasteiger partial charge on any atom is 0.410 e. The summed E-state index contributed by atoms with van der Waals surface area (Å²) in [7, 11) is 0. The van der Waals surface area contributed by atoms with Crippen molar-refractivity contribution in [1.29, 1.82) is 0 Å². The molecule has 1 fully saturated rings. The molecule has 0 saturated carbocycles. The fourth-order valence-corrected chi connectivity index (χ4v) is 4.36. The van der Waals surface area contributed by atoms with Gasteiger partial charge < -0.3 is 29.5 Å². The minimum atomic E-state index is -1.14. The van der Waals surface area contributed by atoms with Crippen LogP contribution >= 0.6 is 0 Å². The number of likely N-dealkylation sites (tertiary alicyclic amines) is 1. The van der Waals surface area contributed by atoms with Gasteiger partial charge in [0.1, 0.15) is 24.0 Å². The normalized spacial score (nSPS) is 14.8. The third-order valence-corrected chi connectivity index (χ3v) is 6.46. The largest absolute Gasteiger partial charge is 0.494 e. The summed E-state index contributed by atoms with van der Waals surface area (Å²) in [5.74, 6) is 0.138. The van der Waals surface area contributed by atoms with Crippen molar-refractivity contribution in [2.75, 3.05) is 19.7 Å². The lowest BCUT2D eigenvalue weighted by Crippen LogP contribution is -2.42. The number of benzene rings is 2. The van der Waals surface area contributed by atoms with Crippen LogP contribution in [0.1, 0.15) is 57.6 Å². The molecule has 0 radical (unpaired) electrons. The molecule has 0 aliphatic carbocycles. The summed E-state index contributed by atoms with van der Waals surface area (Å²) in [5, 5.41) is 12.0. The number of hydrogen-bond acceptors (Lipinski definition) is 6. The summed E-state index contributed by atoms with van der Waals surface area (Å²) < 4.78 is 16.5. The predicted molar refractivity (Wildman–Crippen MR) is 147 cm³/mol. The Bertz CT molecular complexity index is 1060. The Labute approximate surface area is 230 Å². The highest BCUT2D eigenvalue weighted by molar-refractivity contribution is 5.80. The van der Waals surface area contributed by atoms with Crippen LogP contribution in [0.25, 0.3) is 0 Å². The average Bonchev–Trinajstić information content (AvgIpc) is 2.90. The number of ether oxygens (including phenoxy) is 3. The van der Waals surface area contributed by atoms with Gasteiger partial charge in [0.2, 0.25) is 0 Å². The van der Waals surface area contributed by atoms with Gasteiger partial charge in [-0.3, -0.25) is 0 Å². The molecule has 1 atom stereocenters. The number of nitrogens with one attached hydrogen (secondary N) is 1. The standard InChI is InChI=1S/C30H40N2O7/c1-30(2,3)39-29(36)32-17-15-22(16-18-32)10-7-19-37-25-13-11-23(12-14-25)20-26(27(33)34)31-28(35)38-21-24-8-5-4-6-9-24/h4-6,8-9,11-14,22,26H,7,10,15-21H2,1-3H3,(H,31,35)(H,33,34)/t26-/m0/s1. The summed E-state index contributed by atoms with van der Waals surface area (Å²) in [5.41, 5.74) is 1.10. The second-order valence-electron chi connectivity index (χ2n) is 10.8. The highest BCUT2D eigenvalue weighted by Crippen LogP contribution is 2.24. The van der Waals surface area contributed by atoms with Gasteiger partial charge in [-0.1, -0.05) is 42.5 Å². The fraction of sp³-hybridized carbons (Fsp3) is 0.500. The Balaban J connectivity index is 1.34. The van der Waals surface area contributed by atoms with Gasteiger partial charge in [-0.15, -0.1) is 0 Å². The minimum Gasteiger partial charge on any atom is -0.494 e. The van der Waals surface area contributed by atoms with E-state index in [1.165, 1.54) is 0 Å². The number of aliphatic carboxylic acids is 1. The van der Waals surface area contributed by atoms with Crippen LogP contribution < -0.4 is 10.1 Å². The van der Waals surface area contributed by atoms with Gasteiger partial charge in [-0.05, 0) is 75.6 Å². The first-order valence-corrected chi connectivity index (χ1v) is 13.5. The van der Waals surface area contributed by atoms with Crippen molar-refractivity contribution in [3.8, 4) is 5.75 Å². The van der Waals surface area contributed by atoms with Crippen LogP contribution in [0.4, 0.5) is 9.59 Å². The number of rotatable bonds is 11. The molecule has 2 aromatic rings. The Hall–Kier alpha value is -3.75. The summed E-state index contributed by atoms with van der Waals surface area (Å²) in [6.45, 7) is 7.72. The molecule has 9 nitrogen and oxygen atoms in total. The van der Waals surface area contributed by atoms with Crippen LogP contribution in [-0.2, 0) is 27.3 Å². The summed E-state index contributed by atoms with van der Waals surface area (Å²) in [4.78, 5) is 37.8. The number of hydrogen-bond donors (Lipinski definition) is 2. The zero-order valence-corrected chi connectivity index (χ0v) is 23.1. The Morgan fingerprint density at radius 3 is 2.28 bits per heavy atom. The third-order valence-electron chi connectivity index (χ3n) is 6.46. The number of alkyl carbamates (subject to hydrolysis) is 1. The molecule has 0 aromatic heterocycles. The lowest BCUT2D eigenvalue weighted by Gasteiger charge is -2.33. The van der Waals surface area contributed by atoms with Gasteiger partial charge in [0, 0.05) is 19.5 Å². The van der Waals surface area contributed by atoms with E-state index in [2.05, 4.69) is 5.32 Å². The number of carbonyl (C=O) groups is 3. The number of piperidine rings is 1. The molecule has 212 valence electrons. The van der Waals surface area contributed by atoms with Gasteiger partial charge in [0.25, 0.3) is 0 Å². The number of amides is 2. The number of nitrogens with zero attached hydrogens (tertiary/aromatic N) is 1. The van der Waals surface area contributed by atoms with E-state index in [4.69, 9.17) is 14.2 Å². The van der Waals surface area contributed by atoms with E-state index in [-0.39, 0.29) is 19.1 Å². The lowest BCUT2D eigenvalue weighted by atomic mass is 9.92. The van der Waals surface area contributed by atoms with Gasteiger partial charge in [0.05, 0.1) is 6.61 Å². The third kappa shape index (κ3) is 10.9. The zero-order chi connectivity index (χ0) is 28.3. The topological polar surface area (TPSA) is 114 Å². The predicted octanol–water partition coefficient (Wildman–Crippen LogP) is 5.41. The maximum atomic E-state index is 12.2. The summed E-state index contributed by atoms with van der Waals surface area (Å²) in [6.07, 6.45) is 2.99. The van der Waals surface area contributed by atoms with E-state index in [9.17, 15) is 19.5 Å². The molecule has 2 amide bonds. The Morgan fingerprint density at radius 1 is 1.00 bits per heavy atom. The van der Waals surface area contributed by atoms with Gasteiger partial charge in [-0.2, -0.15) is 0 Å². The molecule has 3 rings (SSSR count). The molecule has 0 unspecified atom stereocenters. The molecule has 1 aliphatic heterocycles. The maximum absolute atomic E-state index is 12.2.